The van der Waals surface area contributed by atoms with Crippen molar-refractivity contribution in [1.29, 1.82) is 0 Å². The van der Waals surface area contributed by atoms with Gasteiger partial charge in [-0.15, -0.1) is 22.9 Å². The summed E-state index contributed by atoms with van der Waals surface area (Å²) in [7, 11) is 2.24. The summed E-state index contributed by atoms with van der Waals surface area (Å²) < 4.78 is 0. The Hall–Kier alpha value is 0.230. The van der Waals surface area contributed by atoms with Crippen LogP contribution in [0.5, 0.6) is 0 Å². The summed E-state index contributed by atoms with van der Waals surface area (Å²) in [5, 5.41) is 3.30. The molecule has 0 radical (unpaired) electrons. The van der Waals surface area contributed by atoms with Gasteiger partial charge in [0.15, 0.2) is 0 Å². The monoisotopic (exact) mass is 320 g/mol. The van der Waals surface area contributed by atoms with Crippen LogP contribution < -0.4 is 0 Å². The Kier molecular flexibility index (Phi) is 9.12. The Bertz CT molecular complexity index is 344. The highest BCUT2D eigenvalue weighted by molar-refractivity contribution is 7.98. The van der Waals surface area contributed by atoms with Crippen molar-refractivity contribution in [2.45, 2.75) is 44.5 Å². The van der Waals surface area contributed by atoms with E-state index in [-0.39, 0.29) is 0 Å². The van der Waals surface area contributed by atoms with Crippen molar-refractivity contribution in [1.82, 2.24) is 9.88 Å². The Morgan fingerprint density at radius 2 is 2.26 bits per heavy atom. The van der Waals surface area contributed by atoms with Crippen molar-refractivity contribution >= 4 is 34.7 Å². The van der Waals surface area contributed by atoms with E-state index in [0.717, 1.165) is 12.1 Å². The van der Waals surface area contributed by atoms with E-state index in [1.54, 1.807) is 11.3 Å². The smallest absolute Gasteiger partial charge is 0.0928 e. The summed E-state index contributed by atoms with van der Waals surface area (Å²) >= 11 is 9.43. The molecule has 1 aromatic rings. The molecule has 1 unspecified atom stereocenters. The minimum Gasteiger partial charge on any atom is -0.304 e. The molecule has 1 rings (SSSR count). The maximum absolute atomic E-state index is 5.76. The van der Waals surface area contributed by atoms with E-state index >= 15 is 0 Å². The van der Waals surface area contributed by atoms with Crippen molar-refractivity contribution in [3.63, 3.8) is 0 Å². The van der Waals surface area contributed by atoms with E-state index in [9.17, 15) is 0 Å². The van der Waals surface area contributed by atoms with E-state index in [2.05, 4.69) is 35.5 Å². The molecule has 0 saturated heterocycles. The molecule has 1 atom stereocenters. The highest BCUT2D eigenvalue weighted by Gasteiger charge is 2.08. The van der Waals surface area contributed by atoms with Gasteiger partial charge in [-0.1, -0.05) is 0 Å². The lowest BCUT2D eigenvalue weighted by Crippen LogP contribution is -2.30. The number of aromatic nitrogens is 1. The van der Waals surface area contributed by atoms with Gasteiger partial charge < -0.3 is 4.90 Å². The number of nitrogens with zero attached hydrogens (tertiary/aromatic N) is 2. The number of rotatable bonds is 10. The fourth-order valence-electron chi connectivity index (χ4n) is 1.89. The molecule has 19 heavy (non-hydrogen) atoms. The summed E-state index contributed by atoms with van der Waals surface area (Å²) in [4.78, 5) is 6.97. The summed E-state index contributed by atoms with van der Waals surface area (Å²) in [6.07, 6.45) is 7.01. The number of thiazole rings is 1. The van der Waals surface area contributed by atoms with Crippen LogP contribution in [0.3, 0.4) is 0 Å². The largest absolute Gasteiger partial charge is 0.304 e. The van der Waals surface area contributed by atoms with Gasteiger partial charge in [0.05, 0.1) is 16.6 Å². The van der Waals surface area contributed by atoms with Crippen LogP contribution in [0.2, 0.25) is 0 Å². The lowest BCUT2D eigenvalue weighted by Gasteiger charge is -2.24. The van der Waals surface area contributed by atoms with Crippen LogP contribution >= 0.6 is 34.7 Å². The number of unbranched alkanes of at least 4 members (excludes halogenated alkanes) is 1. The molecule has 110 valence electrons. The van der Waals surface area contributed by atoms with Gasteiger partial charge in [-0.25, -0.2) is 4.98 Å². The maximum Gasteiger partial charge on any atom is 0.0928 e. The molecule has 0 saturated carbocycles. The Labute approximate surface area is 130 Å². The molecule has 0 amide bonds. The van der Waals surface area contributed by atoms with Crippen LogP contribution in [0.4, 0.5) is 0 Å². The van der Waals surface area contributed by atoms with Crippen LogP contribution in [-0.2, 0) is 12.3 Å². The molecule has 1 heterocycles. The van der Waals surface area contributed by atoms with E-state index in [1.807, 2.05) is 11.8 Å². The van der Waals surface area contributed by atoms with Crippen molar-refractivity contribution < 1.29 is 0 Å². The normalized spacial score (nSPS) is 13.1. The molecule has 1 aromatic heterocycles. The molecular weight excluding hydrogens is 296 g/mol. The molecule has 0 aliphatic carbocycles. The second kappa shape index (κ2) is 10.0. The van der Waals surface area contributed by atoms with Crippen molar-refractivity contribution in [3.05, 3.63) is 16.1 Å². The topological polar surface area (TPSA) is 16.1 Å². The molecule has 0 aliphatic heterocycles. The molecule has 0 N–H and O–H groups in total. The summed E-state index contributed by atoms with van der Waals surface area (Å²) in [5.74, 6) is 1.79. The third-order valence-corrected chi connectivity index (χ3v) is 5.26. The number of hydrogen-bond donors (Lipinski definition) is 0. The van der Waals surface area contributed by atoms with E-state index in [1.165, 1.54) is 36.6 Å². The van der Waals surface area contributed by atoms with Gasteiger partial charge in [-0.05, 0) is 58.2 Å². The third-order valence-electron chi connectivity index (χ3n) is 3.38. The highest BCUT2D eigenvalue weighted by Crippen LogP contribution is 2.14. The molecule has 0 spiro atoms. The van der Waals surface area contributed by atoms with Crippen LogP contribution in [-0.4, -0.2) is 41.5 Å². The van der Waals surface area contributed by atoms with Gasteiger partial charge in [0.25, 0.3) is 0 Å². The van der Waals surface area contributed by atoms with Crippen LogP contribution in [0.1, 0.15) is 36.9 Å². The second-order valence-electron chi connectivity index (χ2n) is 4.93. The number of halogens is 1. The van der Waals surface area contributed by atoms with E-state index in [0.29, 0.717) is 11.9 Å². The molecule has 5 heteroatoms. The fourth-order valence-corrected chi connectivity index (χ4v) is 3.54. The minimum absolute atomic E-state index is 0.534. The van der Waals surface area contributed by atoms with Gasteiger partial charge in [-0.2, -0.15) is 11.8 Å². The fraction of sp³-hybridized carbons (Fsp3) is 0.786. The van der Waals surface area contributed by atoms with Gasteiger partial charge in [-0.3, -0.25) is 0 Å². The standard InChI is InChI=1S/C14H25ClN2S2/c1-12(7-9-18-3)17(2)8-5-4-6-14-16-13(10-15)11-19-14/h11-12H,4-10H2,1-3H3. The minimum atomic E-state index is 0.534. The van der Waals surface area contributed by atoms with E-state index < -0.39 is 0 Å². The van der Waals surface area contributed by atoms with Crippen LogP contribution in [0, 0.1) is 0 Å². The lowest BCUT2D eigenvalue weighted by molar-refractivity contribution is 0.248. The first-order chi connectivity index (χ1) is 9.17. The second-order valence-corrected chi connectivity index (χ2v) is 7.13. The summed E-state index contributed by atoms with van der Waals surface area (Å²) in [6, 6.07) is 0.690. The zero-order valence-corrected chi connectivity index (χ0v) is 14.6. The molecule has 2 nitrogen and oxygen atoms in total. The van der Waals surface area contributed by atoms with Crippen molar-refractivity contribution in [2.75, 3.05) is 25.6 Å². The molecule has 0 aromatic carbocycles. The first-order valence-corrected chi connectivity index (χ1v) is 9.66. The predicted octanol–water partition coefficient (Wildman–Crippen LogP) is 4.28. The molecule has 0 fully saturated rings. The zero-order valence-electron chi connectivity index (χ0n) is 12.2. The Morgan fingerprint density at radius 3 is 2.89 bits per heavy atom. The summed E-state index contributed by atoms with van der Waals surface area (Å²) in [5.41, 5.74) is 1.02. The number of alkyl halides is 1. The predicted molar refractivity (Wildman–Crippen MR) is 89.7 cm³/mol. The van der Waals surface area contributed by atoms with Gasteiger partial charge in [0, 0.05) is 11.4 Å². The molecular formula is C14H25ClN2S2. The number of thioether (sulfide) groups is 1. The highest BCUT2D eigenvalue weighted by atomic mass is 35.5. The molecule has 0 aliphatic rings. The van der Waals surface area contributed by atoms with Gasteiger partial charge in [0.2, 0.25) is 0 Å². The third kappa shape index (κ3) is 6.98. The first-order valence-electron chi connectivity index (χ1n) is 6.85. The maximum atomic E-state index is 5.76. The first kappa shape index (κ1) is 17.3. The average molecular weight is 321 g/mol. The van der Waals surface area contributed by atoms with Crippen molar-refractivity contribution in [2.24, 2.45) is 0 Å². The summed E-state index contributed by atoms with van der Waals surface area (Å²) in [6.45, 7) is 3.51. The average Bonchev–Trinajstić information content (AvgIpc) is 2.88. The van der Waals surface area contributed by atoms with Gasteiger partial charge >= 0.3 is 0 Å². The zero-order chi connectivity index (χ0) is 14.1. The molecule has 0 bridgehead atoms. The van der Waals surface area contributed by atoms with Crippen molar-refractivity contribution in [3.8, 4) is 0 Å². The quantitative estimate of drug-likeness (QED) is 0.473. The Balaban J connectivity index is 2.12. The Morgan fingerprint density at radius 1 is 1.47 bits per heavy atom. The lowest BCUT2D eigenvalue weighted by atomic mass is 10.2. The number of aryl methyl sites for hydroxylation is 1. The van der Waals surface area contributed by atoms with Gasteiger partial charge in [0.1, 0.15) is 0 Å². The van der Waals surface area contributed by atoms with Crippen LogP contribution in [0.25, 0.3) is 0 Å². The SMILES string of the molecule is CSCCC(C)N(C)CCCCc1nc(CCl)cs1. The number of hydrogen-bond acceptors (Lipinski definition) is 4. The van der Waals surface area contributed by atoms with E-state index in [4.69, 9.17) is 11.6 Å². The van der Waals surface area contributed by atoms with Crippen LogP contribution in [0.15, 0.2) is 5.38 Å².